The number of nitrogen functional groups attached to an aromatic ring is 1. The van der Waals surface area contributed by atoms with Crippen LogP contribution < -0.4 is 15.4 Å². The number of ether oxygens (including phenoxy) is 1. The highest BCUT2D eigenvalue weighted by Gasteiger charge is 2.31. The molecule has 25 heavy (non-hydrogen) atoms. The van der Waals surface area contributed by atoms with E-state index < -0.39 is 0 Å². The van der Waals surface area contributed by atoms with Gasteiger partial charge in [-0.3, -0.25) is 4.79 Å². The smallest absolute Gasteiger partial charge is 0.318 e. The number of methoxy groups -OCH3 is 1. The van der Waals surface area contributed by atoms with Crippen LogP contribution in [0, 0.1) is 0 Å². The number of aromatic nitrogens is 2. The lowest BCUT2D eigenvalue weighted by Gasteiger charge is -2.30. The Morgan fingerprint density at radius 2 is 2.12 bits per heavy atom. The first-order valence-corrected chi connectivity index (χ1v) is 8.11. The Morgan fingerprint density at radius 1 is 1.36 bits per heavy atom. The number of nitrogens with two attached hydrogens (primary N) is 1. The molecule has 3 N–H and O–H groups in total. The number of carbonyl (C=O) groups excluding carboxylic acids is 1. The monoisotopic (exact) mass is 342 g/mol. The number of hydrogen-bond donors (Lipinski definition) is 2. The molecule has 0 spiro atoms. The average molecular weight is 342 g/mol. The van der Waals surface area contributed by atoms with Gasteiger partial charge in [-0.15, -0.1) is 0 Å². The zero-order valence-corrected chi connectivity index (χ0v) is 14.6. The summed E-state index contributed by atoms with van der Waals surface area (Å²) in [5.41, 5.74) is 8.24. The maximum atomic E-state index is 12.9. The molecule has 132 valence electrons. The van der Waals surface area contributed by atoms with E-state index in [0.717, 1.165) is 11.3 Å². The summed E-state index contributed by atoms with van der Waals surface area (Å²) in [6, 6.07) is 7.81. The molecule has 0 aliphatic carbocycles. The molecule has 1 aliphatic rings. The average Bonchev–Trinajstić information content (AvgIpc) is 2.61. The number of amides is 1. The van der Waals surface area contributed by atoms with Crippen molar-refractivity contribution in [3.8, 4) is 6.01 Å². The summed E-state index contributed by atoms with van der Waals surface area (Å²) >= 11 is 0. The standard InChI is InChI=1S/C18H22N4O3/c1-18(2,10-23)11-5-4-6-12(9-11)22-8-7-13-14(16(22)24)15(19)21-17(20-13)25-3/h4-6,9,23H,7-8,10H2,1-3H3,(H2,19,20,21). The fraction of sp³-hybridized carbons (Fsp3) is 0.389. The first-order valence-electron chi connectivity index (χ1n) is 8.11. The van der Waals surface area contributed by atoms with Crippen molar-refractivity contribution in [1.29, 1.82) is 0 Å². The van der Waals surface area contributed by atoms with E-state index in [-0.39, 0.29) is 29.8 Å². The van der Waals surface area contributed by atoms with E-state index in [9.17, 15) is 9.90 Å². The van der Waals surface area contributed by atoms with Gasteiger partial charge in [-0.25, -0.2) is 0 Å². The Morgan fingerprint density at radius 3 is 2.80 bits per heavy atom. The number of benzene rings is 1. The van der Waals surface area contributed by atoms with Crippen LogP contribution >= 0.6 is 0 Å². The van der Waals surface area contributed by atoms with Gasteiger partial charge in [-0.2, -0.15) is 9.97 Å². The van der Waals surface area contributed by atoms with Crippen molar-refractivity contribution in [2.24, 2.45) is 0 Å². The molecule has 0 radical (unpaired) electrons. The van der Waals surface area contributed by atoms with E-state index in [4.69, 9.17) is 10.5 Å². The maximum Gasteiger partial charge on any atom is 0.318 e. The summed E-state index contributed by atoms with van der Waals surface area (Å²) in [6.45, 7) is 4.43. The van der Waals surface area contributed by atoms with Crippen molar-refractivity contribution >= 4 is 17.4 Å². The highest BCUT2D eigenvalue weighted by molar-refractivity contribution is 6.10. The van der Waals surface area contributed by atoms with Gasteiger partial charge in [-0.05, 0) is 17.7 Å². The third-order valence-corrected chi connectivity index (χ3v) is 4.54. The number of hydrogen-bond acceptors (Lipinski definition) is 6. The number of rotatable bonds is 4. The Kier molecular flexibility index (Phi) is 4.34. The Bertz CT molecular complexity index is 820. The normalized spacial score (nSPS) is 14.4. The second-order valence-electron chi connectivity index (χ2n) is 6.72. The van der Waals surface area contributed by atoms with Crippen LogP contribution in [0.4, 0.5) is 11.5 Å². The van der Waals surface area contributed by atoms with Gasteiger partial charge in [0.05, 0.1) is 19.4 Å². The molecule has 0 unspecified atom stereocenters. The molecule has 0 fully saturated rings. The molecule has 7 nitrogen and oxygen atoms in total. The van der Waals surface area contributed by atoms with Crippen LogP contribution in [0.25, 0.3) is 0 Å². The highest BCUT2D eigenvalue weighted by atomic mass is 16.5. The number of fused-ring (bicyclic) bond motifs is 1. The molecule has 0 bridgehead atoms. The second kappa shape index (κ2) is 6.33. The molecule has 7 heteroatoms. The molecule has 1 aromatic heterocycles. The van der Waals surface area contributed by atoms with Crippen LogP contribution in [0.15, 0.2) is 24.3 Å². The molecule has 0 saturated heterocycles. The zero-order valence-electron chi connectivity index (χ0n) is 14.6. The van der Waals surface area contributed by atoms with Crippen LogP contribution in [0.2, 0.25) is 0 Å². The predicted molar refractivity (Wildman–Crippen MR) is 94.9 cm³/mol. The fourth-order valence-electron chi connectivity index (χ4n) is 2.89. The summed E-state index contributed by atoms with van der Waals surface area (Å²) in [5, 5.41) is 9.59. The number of carbonyl (C=O) groups is 1. The molecule has 1 aliphatic heterocycles. The molecular weight excluding hydrogens is 320 g/mol. The molecule has 1 amide bonds. The molecule has 2 heterocycles. The Hall–Kier alpha value is -2.67. The number of anilines is 2. The molecular formula is C18H22N4O3. The molecule has 0 saturated carbocycles. The van der Waals surface area contributed by atoms with Crippen LogP contribution in [0.5, 0.6) is 6.01 Å². The molecule has 1 aromatic carbocycles. The lowest BCUT2D eigenvalue weighted by molar-refractivity contribution is 0.0980. The maximum absolute atomic E-state index is 12.9. The number of nitrogens with zero attached hydrogens (tertiary/aromatic N) is 3. The predicted octanol–water partition coefficient (Wildman–Crippen LogP) is 1.54. The van der Waals surface area contributed by atoms with Crippen LogP contribution in [-0.2, 0) is 11.8 Å². The summed E-state index contributed by atoms with van der Waals surface area (Å²) in [7, 11) is 1.46. The van der Waals surface area contributed by atoms with Crippen molar-refractivity contribution in [1.82, 2.24) is 9.97 Å². The third-order valence-electron chi connectivity index (χ3n) is 4.54. The fourth-order valence-corrected chi connectivity index (χ4v) is 2.89. The summed E-state index contributed by atoms with van der Waals surface area (Å²) in [6.07, 6.45) is 0.567. The van der Waals surface area contributed by atoms with Gasteiger partial charge in [0, 0.05) is 24.1 Å². The minimum Gasteiger partial charge on any atom is -0.467 e. The van der Waals surface area contributed by atoms with E-state index in [1.165, 1.54) is 7.11 Å². The van der Waals surface area contributed by atoms with E-state index in [2.05, 4.69) is 9.97 Å². The van der Waals surface area contributed by atoms with Gasteiger partial charge in [-0.1, -0.05) is 26.0 Å². The van der Waals surface area contributed by atoms with Crippen molar-refractivity contribution in [2.75, 3.05) is 30.9 Å². The first kappa shape index (κ1) is 17.2. The first-order chi connectivity index (χ1) is 11.9. The van der Waals surface area contributed by atoms with Crippen LogP contribution in [0.1, 0.15) is 35.5 Å². The molecule has 0 atom stereocenters. The minimum atomic E-state index is -0.387. The Balaban J connectivity index is 1.99. The van der Waals surface area contributed by atoms with Crippen LogP contribution in [0.3, 0.4) is 0 Å². The van der Waals surface area contributed by atoms with Gasteiger partial charge in [0.15, 0.2) is 0 Å². The topological polar surface area (TPSA) is 102 Å². The zero-order chi connectivity index (χ0) is 18.2. The third kappa shape index (κ3) is 3.02. The quantitative estimate of drug-likeness (QED) is 0.874. The Labute approximate surface area is 146 Å². The van der Waals surface area contributed by atoms with E-state index in [0.29, 0.717) is 24.2 Å². The summed E-state index contributed by atoms with van der Waals surface area (Å²) in [4.78, 5) is 22.9. The number of aliphatic hydroxyl groups is 1. The van der Waals surface area contributed by atoms with E-state index in [1.54, 1.807) is 4.90 Å². The SMILES string of the molecule is COc1nc(N)c2c(n1)CCN(c1cccc(C(C)(C)CO)c1)C2=O. The lowest BCUT2D eigenvalue weighted by atomic mass is 9.85. The van der Waals surface area contributed by atoms with Crippen LogP contribution in [-0.4, -0.2) is 41.2 Å². The van der Waals surface area contributed by atoms with Crippen molar-refractivity contribution in [2.45, 2.75) is 25.7 Å². The van der Waals surface area contributed by atoms with Gasteiger partial charge in [0.1, 0.15) is 11.4 Å². The summed E-state index contributed by atoms with van der Waals surface area (Å²) in [5.74, 6) is -0.0937. The van der Waals surface area contributed by atoms with E-state index in [1.807, 2.05) is 38.1 Å². The van der Waals surface area contributed by atoms with Gasteiger partial charge < -0.3 is 20.5 Å². The van der Waals surface area contributed by atoms with Crippen molar-refractivity contribution in [3.63, 3.8) is 0 Å². The largest absolute Gasteiger partial charge is 0.467 e. The highest BCUT2D eigenvalue weighted by Crippen LogP contribution is 2.31. The second-order valence-corrected chi connectivity index (χ2v) is 6.72. The van der Waals surface area contributed by atoms with Gasteiger partial charge >= 0.3 is 6.01 Å². The minimum absolute atomic E-state index is 0.0216. The number of aliphatic hydroxyl groups excluding tert-OH is 1. The van der Waals surface area contributed by atoms with Crippen molar-refractivity contribution in [3.05, 3.63) is 41.1 Å². The molecule has 3 rings (SSSR count). The molecule has 2 aromatic rings. The van der Waals surface area contributed by atoms with Gasteiger partial charge in [0.25, 0.3) is 5.91 Å². The summed E-state index contributed by atoms with van der Waals surface area (Å²) < 4.78 is 5.02. The van der Waals surface area contributed by atoms with Gasteiger partial charge in [0.2, 0.25) is 0 Å². The van der Waals surface area contributed by atoms with Crippen molar-refractivity contribution < 1.29 is 14.6 Å². The lowest BCUT2D eigenvalue weighted by Crippen LogP contribution is -2.39. The van der Waals surface area contributed by atoms with E-state index >= 15 is 0 Å².